The van der Waals surface area contributed by atoms with Crippen LogP contribution < -0.4 is 10.6 Å². The first-order valence-electron chi connectivity index (χ1n) is 8.52. The summed E-state index contributed by atoms with van der Waals surface area (Å²) >= 11 is 0. The van der Waals surface area contributed by atoms with E-state index >= 15 is 0 Å². The summed E-state index contributed by atoms with van der Waals surface area (Å²) in [7, 11) is 1.82. The van der Waals surface area contributed by atoms with Gasteiger partial charge in [0.25, 0.3) is 5.91 Å². The van der Waals surface area contributed by atoms with E-state index in [4.69, 9.17) is 0 Å². The number of amides is 2. The normalized spacial score (nSPS) is 17.9. The number of likely N-dealkylation sites (N-methyl/N-ethyl adjacent to an activating group) is 1. The lowest BCUT2D eigenvalue weighted by Crippen LogP contribution is -2.34. The van der Waals surface area contributed by atoms with E-state index in [2.05, 4.69) is 10.6 Å². The molecule has 1 aromatic carbocycles. The molecule has 1 aromatic rings. The number of nitrogens with one attached hydrogen (secondary N) is 2. The van der Waals surface area contributed by atoms with E-state index in [1.54, 1.807) is 4.90 Å². The van der Waals surface area contributed by atoms with Crippen LogP contribution in [0.2, 0.25) is 0 Å². The van der Waals surface area contributed by atoms with E-state index in [0.717, 1.165) is 62.1 Å². The molecule has 0 spiro atoms. The van der Waals surface area contributed by atoms with Crippen LogP contribution in [0, 0.1) is 5.92 Å². The molecule has 0 aromatic heterocycles. The molecular formula is C18H26ClN3O2. The van der Waals surface area contributed by atoms with Gasteiger partial charge in [-0.3, -0.25) is 9.59 Å². The van der Waals surface area contributed by atoms with Crippen molar-refractivity contribution in [2.24, 2.45) is 5.92 Å². The first-order chi connectivity index (χ1) is 11.1. The Kier molecular flexibility index (Phi) is 6.63. The zero-order valence-corrected chi connectivity index (χ0v) is 15.0. The van der Waals surface area contributed by atoms with Crippen LogP contribution in [0.15, 0.2) is 18.2 Å². The molecule has 0 unspecified atom stereocenters. The maximum atomic E-state index is 12.2. The topological polar surface area (TPSA) is 61.4 Å². The number of piperidine rings is 1. The number of fused-ring (bicyclic) bond motifs is 1. The Labute approximate surface area is 149 Å². The molecule has 0 atom stereocenters. The summed E-state index contributed by atoms with van der Waals surface area (Å²) in [5.74, 6) is 0.734. The zero-order valence-electron chi connectivity index (χ0n) is 14.1. The molecule has 6 heteroatoms. The summed E-state index contributed by atoms with van der Waals surface area (Å²) in [4.78, 5) is 26.1. The minimum absolute atomic E-state index is 0. The molecule has 2 heterocycles. The monoisotopic (exact) mass is 351 g/mol. The third kappa shape index (κ3) is 4.48. The number of carbonyl (C=O) groups excluding carboxylic acids is 2. The van der Waals surface area contributed by atoms with Crippen LogP contribution in [0.5, 0.6) is 0 Å². The van der Waals surface area contributed by atoms with Gasteiger partial charge < -0.3 is 15.5 Å². The molecule has 2 aliphatic rings. The van der Waals surface area contributed by atoms with Crippen LogP contribution in [0.1, 0.15) is 41.6 Å². The van der Waals surface area contributed by atoms with Gasteiger partial charge in [0.1, 0.15) is 0 Å². The molecule has 0 bridgehead atoms. The van der Waals surface area contributed by atoms with Crippen molar-refractivity contribution in [1.82, 2.24) is 10.2 Å². The highest BCUT2D eigenvalue weighted by Gasteiger charge is 2.22. The number of hydrogen-bond acceptors (Lipinski definition) is 3. The predicted octanol–water partition coefficient (Wildman–Crippen LogP) is 2.45. The fourth-order valence-electron chi connectivity index (χ4n) is 3.40. The second-order valence-corrected chi connectivity index (χ2v) is 6.63. The van der Waals surface area contributed by atoms with Gasteiger partial charge in [-0.2, -0.15) is 0 Å². The fourth-order valence-corrected chi connectivity index (χ4v) is 3.40. The van der Waals surface area contributed by atoms with Crippen LogP contribution in [0.3, 0.4) is 0 Å². The number of carbonyl (C=O) groups is 2. The lowest BCUT2D eigenvalue weighted by Gasteiger charge is -2.25. The van der Waals surface area contributed by atoms with Crippen molar-refractivity contribution < 1.29 is 9.59 Å². The number of rotatable bonds is 4. The molecule has 5 nitrogen and oxygen atoms in total. The first kappa shape index (κ1) is 18.7. The van der Waals surface area contributed by atoms with Gasteiger partial charge in [0.2, 0.25) is 5.91 Å². The summed E-state index contributed by atoms with van der Waals surface area (Å²) in [6, 6.07) is 5.68. The van der Waals surface area contributed by atoms with E-state index in [-0.39, 0.29) is 24.2 Å². The first-order valence-corrected chi connectivity index (χ1v) is 8.52. The summed E-state index contributed by atoms with van der Waals surface area (Å²) in [5.41, 5.74) is 2.51. The standard InChI is InChI=1S/C18H25N3O2.ClH/c1-21-11-8-14-3-4-15(12-16(14)18(21)23)20-17(22)5-2-13-6-9-19-10-7-13;/h3-4,12-13,19H,2,5-11H2,1H3,(H,20,22);1H. The maximum Gasteiger partial charge on any atom is 0.253 e. The summed E-state index contributed by atoms with van der Waals surface area (Å²) in [5, 5.41) is 6.28. The van der Waals surface area contributed by atoms with Gasteiger partial charge in [-0.25, -0.2) is 0 Å². The number of halogens is 1. The Morgan fingerprint density at radius 1 is 1.33 bits per heavy atom. The van der Waals surface area contributed by atoms with Gasteiger partial charge in [-0.1, -0.05) is 6.07 Å². The molecule has 2 amide bonds. The largest absolute Gasteiger partial charge is 0.341 e. The second kappa shape index (κ2) is 8.49. The van der Waals surface area contributed by atoms with Gasteiger partial charge in [0.15, 0.2) is 0 Å². The highest BCUT2D eigenvalue weighted by molar-refractivity contribution is 5.99. The Bertz CT molecular complexity index is 600. The van der Waals surface area contributed by atoms with Gasteiger partial charge in [0, 0.05) is 31.3 Å². The summed E-state index contributed by atoms with van der Waals surface area (Å²) < 4.78 is 0. The molecule has 2 N–H and O–H groups in total. The van der Waals surface area contributed by atoms with Crippen molar-refractivity contribution >= 4 is 29.9 Å². The van der Waals surface area contributed by atoms with E-state index in [1.807, 2.05) is 25.2 Å². The zero-order chi connectivity index (χ0) is 16.2. The van der Waals surface area contributed by atoms with Gasteiger partial charge in [-0.15, -0.1) is 12.4 Å². The highest BCUT2D eigenvalue weighted by atomic mass is 35.5. The van der Waals surface area contributed by atoms with E-state index in [1.165, 1.54) is 0 Å². The average molecular weight is 352 g/mol. The number of hydrogen-bond donors (Lipinski definition) is 2. The molecule has 2 aliphatic heterocycles. The third-order valence-corrected chi connectivity index (χ3v) is 4.93. The van der Waals surface area contributed by atoms with Crippen molar-refractivity contribution in [3.05, 3.63) is 29.3 Å². The highest BCUT2D eigenvalue weighted by Crippen LogP contribution is 2.23. The number of benzene rings is 1. The minimum Gasteiger partial charge on any atom is -0.341 e. The second-order valence-electron chi connectivity index (χ2n) is 6.63. The number of anilines is 1. The van der Waals surface area contributed by atoms with Gasteiger partial charge >= 0.3 is 0 Å². The van der Waals surface area contributed by atoms with Crippen molar-refractivity contribution in [2.45, 2.75) is 32.1 Å². The van der Waals surface area contributed by atoms with Crippen LogP contribution in [-0.2, 0) is 11.2 Å². The Balaban J connectivity index is 0.00000208. The quantitative estimate of drug-likeness (QED) is 0.876. The molecule has 3 rings (SSSR count). The van der Waals surface area contributed by atoms with E-state index in [0.29, 0.717) is 12.3 Å². The molecule has 24 heavy (non-hydrogen) atoms. The molecule has 0 saturated carbocycles. The molecule has 1 fully saturated rings. The minimum atomic E-state index is 0. The lowest BCUT2D eigenvalue weighted by atomic mass is 9.93. The van der Waals surface area contributed by atoms with Crippen molar-refractivity contribution in [2.75, 3.05) is 32.0 Å². The smallest absolute Gasteiger partial charge is 0.253 e. The van der Waals surface area contributed by atoms with Crippen LogP contribution in [0.25, 0.3) is 0 Å². The van der Waals surface area contributed by atoms with E-state index < -0.39 is 0 Å². The number of nitrogens with zero attached hydrogens (tertiary/aromatic N) is 1. The van der Waals surface area contributed by atoms with Crippen molar-refractivity contribution in [3.8, 4) is 0 Å². The van der Waals surface area contributed by atoms with Crippen LogP contribution >= 0.6 is 12.4 Å². The molecular weight excluding hydrogens is 326 g/mol. The summed E-state index contributed by atoms with van der Waals surface area (Å²) in [6.07, 6.45) is 4.69. The molecule has 1 saturated heterocycles. The summed E-state index contributed by atoms with van der Waals surface area (Å²) in [6.45, 7) is 2.88. The Morgan fingerprint density at radius 2 is 2.08 bits per heavy atom. The fraction of sp³-hybridized carbons (Fsp3) is 0.556. The molecule has 132 valence electrons. The van der Waals surface area contributed by atoms with Crippen molar-refractivity contribution in [3.63, 3.8) is 0 Å². The Morgan fingerprint density at radius 3 is 2.83 bits per heavy atom. The van der Waals surface area contributed by atoms with Crippen LogP contribution in [0.4, 0.5) is 5.69 Å². The Hall–Kier alpha value is -1.59. The van der Waals surface area contributed by atoms with Gasteiger partial charge in [0.05, 0.1) is 0 Å². The molecule has 0 aliphatic carbocycles. The van der Waals surface area contributed by atoms with Crippen LogP contribution in [-0.4, -0.2) is 43.4 Å². The maximum absolute atomic E-state index is 12.2. The third-order valence-electron chi connectivity index (χ3n) is 4.93. The van der Waals surface area contributed by atoms with Crippen molar-refractivity contribution in [1.29, 1.82) is 0 Å². The average Bonchev–Trinajstić information content (AvgIpc) is 2.58. The SMILES string of the molecule is CN1CCc2ccc(NC(=O)CCC3CCNCC3)cc2C1=O.Cl. The molecule has 0 radical (unpaired) electrons. The lowest BCUT2D eigenvalue weighted by molar-refractivity contribution is -0.116. The van der Waals surface area contributed by atoms with Gasteiger partial charge in [-0.05, 0) is 62.4 Å². The van der Waals surface area contributed by atoms with E-state index in [9.17, 15) is 9.59 Å². The predicted molar refractivity (Wildman–Crippen MR) is 97.8 cm³/mol.